The topological polar surface area (TPSA) is 21.3 Å². The Morgan fingerprint density at radius 3 is 2.65 bits per heavy atom. The van der Waals surface area contributed by atoms with E-state index in [4.69, 9.17) is 4.74 Å². The van der Waals surface area contributed by atoms with Crippen LogP contribution in [0.4, 0.5) is 4.39 Å². The molecule has 1 N–H and O–H groups in total. The molecule has 1 aliphatic carbocycles. The molecule has 1 saturated carbocycles. The molecule has 17 heavy (non-hydrogen) atoms. The zero-order valence-electron chi connectivity index (χ0n) is 10.7. The van der Waals surface area contributed by atoms with Crippen molar-refractivity contribution < 1.29 is 9.13 Å². The maximum atomic E-state index is 13.5. The van der Waals surface area contributed by atoms with Crippen molar-refractivity contribution in [2.24, 2.45) is 5.92 Å². The van der Waals surface area contributed by atoms with E-state index in [0.717, 1.165) is 11.5 Å². The predicted molar refractivity (Wildman–Crippen MR) is 66.6 cm³/mol. The van der Waals surface area contributed by atoms with Gasteiger partial charge in [0.1, 0.15) is 0 Å². The minimum absolute atomic E-state index is 0.149. The summed E-state index contributed by atoms with van der Waals surface area (Å²) in [6.07, 6.45) is 2.61. The summed E-state index contributed by atoms with van der Waals surface area (Å²) in [5, 5.41) is 3.49. The van der Waals surface area contributed by atoms with E-state index in [1.807, 2.05) is 6.07 Å². The van der Waals surface area contributed by atoms with Gasteiger partial charge in [0.25, 0.3) is 0 Å². The quantitative estimate of drug-likeness (QED) is 0.849. The monoisotopic (exact) mass is 237 g/mol. The normalized spacial score (nSPS) is 16.0. The van der Waals surface area contributed by atoms with Crippen molar-refractivity contribution in [3.8, 4) is 5.75 Å². The van der Waals surface area contributed by atoms with Gasteiger partial charge >= 0.3 is 0 Å². The van der Waals surface area contributed by atoms with E-state index < -0.39 is 0 Å². The molecule has 1 aliphatic rings. The Kier molecular flexibility index (Phi) is 3.38. The Hall–Kier alpha value is -1.09. The van der Waals surface area contributed by atoms with Crippen LogP contribution in [0.15, 0.2) is 18.2 Å². The van der Waals surface area contributed by atoms with Crippen molar-refractivity contribution in [1.29, 1.82) is 0 Å². The zero-order chi connectivity index (χ0) is 12.5. The van der Waals surface area contributed by atoms with Crippen LogP contribution in [0.1, 0.15) is 32.3 Å². The fourth-order valence-corrected chi connectivity index (χ4v) is 2.10. The van der Waals surface area contributed by atoms with Crippen LogP contribution in [0.25, 0.3) is 0 Å². The van der Waals surface area contributed by atoms with Crippen LogP contribution in [0.3, 0.4) is 0 Å². The molecule has 0 unspecified atom stereocenters. The molecule has 0 atom stereocenters. The SMILES string of the molecule is COc1ccc(CNC(C)(C)C2CC2)cc1F. The average molecular weight is 237 g/mol. The molecule has 1 aromatic carbocycles. The maximum absolute atomic E-state index is 13.5. The summed E-state index contributed by atoms with van der Waals surface area (Å²) in [5.41, 5.74) is 1.10. The first-order chi connectivity index (χ1) is 8.03. The molecule has 2 rings (SSSR count). The molecule has 0 radical (unpaired) electrons. The van der Waals surface area contributed by atoms with E-state index in [1.165, 1.54) is 26.0 Å². The lowest BCUT2D eigenvalue weighted by atomic mass is 9.98. The molecule has 0 amide bonds. The number of ether oxygens (including phenoxy) is 1. The van der Waals surface area contributed by atoms with Crippen molar-refractivity contribution in [3.63, 3.8) is 0 Å². The van der Waals surface area contributed by atoms with Crippen molar-refractivity contribution in [1.82, 2.24) is 5.32 Å². The predicted octanol–water partition coefficient (Wildman–Crippen LogP) is 3.11. The molecule has 0 saturated heterocycles. The molecule has 0 aliphatic heterocycles. The third-order valence-corrected chi connectivity index (χ3v) is 3.56. The van der Waals surface area contributed by atoms with Crippen LogP contribution < -0.4 is 10.1 Å². The molecule has 1 aromatic rings. The van der Waals surface area contributed by atoms with Crippen molar-refractivity contribution in [2.45, 2.75) is 38.8 Å². The van der Waals surface area contributed by atoms with Crippen LogP contribution in [-0.4, -0.2) is 12.6 Å². The molecule has 0 bridgehead atoms. The highest BCUT2D eigenvalue weighted by molar-refractivity contribution is 5.29. The maximum Gasteiger partial charge on any atom is 0.165 e. The van der Waals surface area contributed by atoms with Crippen LogP contribution in [-0.2, 0) is 6.54 Å². The summed E-state index contributed by atoms with van der Waals surface area (Å²) in [6, 6.07) is 5.11. The van der Waals surface area contributed by atoms with Crippen LogP contribution >= 0.6 is 0 Å². The van der Waals surface area contributed by atoms with E-state index in [2.05, 4.69) is 19.2 Å². The first kappa shape index (κ1) is 12.4. The Bertz CT molecular complexity index is 399. The van der Waals surface area contributed by atoms with Crippen molar-refractivity contribution in [3.05, 3.63) is 29.6 Å². The van der Waals surface area contributed by atoms with E-state index in [-0.39, 0.29) is 11.4 Å². The molecule has 0 heterocycles. The standard InChI is InChI=1S/C14H20FNO/c1-14(2,11-5-6-11)16-9-10-4-7-13(17-3)12(15)8-10/h4,7-8,11,16H,5-6,9H2,1-3H3. The van der Waals surface area contributed by atoms with Gasteiger partial charge in [-0.25, -0.2) is 4.39 Å². The van der Waals surface area contributed by atoms with Crippen LogP contribution in [0.2, 0.25) is 0 Å². The zero-order valence-corrected chi connectivity index (χ0v) is 10.7. The van der Waals surface area contributed by atoms with E-state index in [1.54, 1.807) is 6.07 Å². The lowest BCUT2D eigenvalue weighted by Gasteiger charge is -2.26. The smallest absolute Gasteiger partial charge is 0.165 e. The highest BCUT2D eigenvalue weighted by Gasteiger charge is 2.37. The fourth-order valence-electron chi connectivity index (χ4n) is 2.10. The molecule has 94 valence electrons. The van der Waals surface area contributed by atoms with Crippen LogP contribution in [0, 0.1) is 11.7 Å². The fraction of sp³-hybridized carbons (Fsp3) is 0.571. The number of rotatable bonds is 5. The summed E-state index contributed by atoms with van der Waals surface area (Å²) < 4.78 is 18.4. The molecule has 3 heteroatoms. The summed E-state index contributed by atoms with van der Waals surface area (Å²) in [6.45, 7) is 5.12. The summed E-state index contributed by atoms with van der Waals surface area (Å²) in [7, 11) is 1.48. The van der Waals surface area contributed by atoms with Crippen molar-refractivity contribution in [2.75, 3.05) is 7.11 Å². The number of methoxy groups -OCH3 is 1. The second-order valence-electron chi connectivity index (χ2n) is 5.32. The third-order valence-electron chi connectivity index (χ3n) is 3.56. The first-order valence-corrected chi connectivity index (χ1v) is 6.10. The molecular weight excluding hydrogens is 217 g/mol. The summed E-state index contributed by atoms with van der Waals surface area (Å²) >= 11 is 0. The Balaban J connectivity index is 1.97. The lowest BCUT2D eigenvalue weighted by molar-refractivity contribution is 0.338. The Labute approximate surface area is 102 Å². The molecule has 0 spiro atoms. The molecular formula is C14H20FNO. The average Bonchev–Trinajstić information content (AvgIpc) is 3.11. The minimum Gasteiger partial charge on any atom is -0.494 e. The van der Waals surface area contributed by atoms with Gasteiger partial charge in [0.05, 0.1) is 7.11 Å². The summed E-state index contributed by atoms with van der Waals surface area (Å²) in [5.74, 6) is 0.775. The second kappa shape index (κ2) is 4.65. The van der Waals surface area contributed by atoms with E-state index in [0.29, 0.717) is 12.3 Å². The van der Waals surface area contributed by atoms with Gasteiger partial charge in [-0.3, -0.25) is 0 Å². The van der Waals surface area contributed by atoms with Gasteiger partial charge < -0.3 is 10.1 Å². The van der Waals surface area contributed by atoms with Gasteiger partial charge in [0.15, 0.2) is 11.6 Å². The largest absolute Gasteiger partial charge is 0.494 e. The van der Waals surface area contributed by atoms with Crippen LogP contribution in [0.5, 0.6) is 5.75 Å². The molecule has 0 aromatic heterocycles. The third kappa shape index (κ3) is 2.97. The van der Waals surface area contributed by atoms with Gasteiger partial charge in [0.2, 0.25) is 0 Å². The minimum atomic E-state index is -0.295. The van der Waals surface area contributed by atoms with Gasteiger partial charge in [-0.15, -0.1) is 0 Å². The number of nitrogens with one attached hydrogen (secondary N) is 1. The Morgan fingerprint density at radius 2 is 2.12 bits per heavy atom. The highest BCUT2D eigenvalue weighted by Crippen LogP contribution is 2.39. The first-order valence-electron chi connectivity index (χ1n) is 6.10. The number of hydrogen-bond acceptors (Lipinski definition) is 2. The Morgan fingerprint density at radius 1 is 1.41 bits per heavy atom. The summed E-state index contributed by atoms with van der Waals surface area (Å²) in [4.78, 5) is 0. The lowest BCUT2D eigenvalue weighted by Crippen LogP contribution is -2.40. The van der Waals surface area contributed by atoms with Gasteiger partial charge in [0, 0.05) is 12.1 Å². The van der Waals surface area contributed by atoms with Gasteiger partial charge in [-0.05, 0) is 50.3 Å². The molecule has 1 fully saturated rings. The van der Waals surface area contributed by atoms with Crippen molar-refractivity contribution >= 4 is 0 Å². The van der Waals surface area contributed by atoms with Gasteiger partial charge in [-0.1, -0.05) is 6.07 Å². The molecule has 2 nitrogen and oxygen atoms in total. The number of hydrogen-bond donors (Lipinski definition) is 1. The van der Waals surface area contributed by atoms with E-state index >= 15 is 0 Å². The highest BCUT2D eigenvalue weighted by atomic mass is 19.1. The van der Waals surface area contributed by atoms with E-state index in [9.17, 15) is 4.39 Å². The number of halogens is 1. The van der Waals surface area contributed by atoms with Gasteiger partial charge in [-0.2, -0.15) is 0 Å². The second-order valence-corrected chi connectivity index (χ2v) is 5.32. The number of benzene rings is 1.